The zero-order valence-corrected chi connectivity index (χ0v) is 13.0. The highest BCUT2D eigenvalue weighted by Gasteiger charge is 2.26. The van der Waals surface area contributed by atoms with Gasteiger partial charge in [-0.05, 0) is 25.5 Å². The van der Waals surface area contributed by atoms with Gasteiger partial charge in [-0.2, -0.15) is 0 Å². The van der Waals surface area contributed by atoms with Crippen LogP contribution in [0.4, 0.5) is 0 Å². The SMILES string of the molecule is COC(=O)[C@H](Cc1ccccc1)n1c(C)cc(C(N)=O)c1C. The highest BCUT2D eigenvalue weighted by molar-refractivity contribution is 5.94. The average molecular weight is 300 g/mol. The number of benzene rings is 1. The van der Waals surface area contributed by atoms with Crippen molar-refractivity contribution in [2.45, 2.75) is 26.3 Å². The van der Waals surface area contributed by atoms with Crippen molar-refractivity contribution in [3.05, 3.63) is 58.9 Å². The predicted molar refractivity (Wildman–Crippen MR) is 83.6 cm³/mol. The topological polar surface area (TPSA) is 74.3 Å². The molecule has 0 saturated heterocycles. The number of aryl methyl sites for hydroxylation is 1. The molecular weight excluding hydrogens is 280 g/mol. The van der Waals surface area contributed by atoms with Crippen LogP contribution in [0, 0.1) is 13.8 Å². The lowest BCUT2D eigenvalue weighted by atomic mass is 10.1. The number of carbonyl (C=O) groups is 2. The minimum absolute atomic E-state index is 0.346. The first-order chi connectivity index (χ1) is 10.5. The number of nitrogens with two attached hydrogens (primary N) is 1. The second-order valence-corrected chi connectivity index (χ2v) is 5.25. The van der Waals surface area contributed by atoms with Crippen molar-refractivity contribution in [1.82, 2.24) is 4.57 Å². The standard InChI is InChI=1S/C17H20N2O3/c1-11-9-14(16(18)20)12(2)19(11)15(17(21)22-3)10-13-7-5-4-6-8-13/h4-9,15H,10H2,1-3H3,(H2,18,20)/t15-/m0/s1. The molecule has 0 aliphatic carbocycles. The number of rotatable bonds is 5. The number of esters is 1. The molecule has 22 heavy (non-hydrogen) atoms. The third-order valence-corrected chi connectivity index (χ3v) is 3.81. The number of aromatic nitrogens is 1. The minimum Gasteiger partial charge on any atom is -0.467 e. The van der Waals surface area contributed by atoms with Gasteiger partial charge in [0.1, 0.15) is 6.04 Å². The lowest BCUT2D eigenvalue weighted by Gasteiger charge is -2.20. The van der Waals surface area contributed by atoms with E-state index < -0.39 is 11.9 Å². The Bertz CT molecular complexity index is 689. The third kappa shape index (κ3) is 3.03. The van der Waals surface area contributed by atoms with Gasteiger partial charge in [0.2, 0.25) is 0 Å². The summed E-state index contributed by atoms with van der Waals surface area (Å²) in [5.74, 6) is -0.843. The van der Waals surface area contributed by atoms with Crippen LogP contribution in [0.25, 0.3) is 0 Å². The summed E-state index contributed by atoms with van der Waals surface area (Å²) >= 11 is 0. The smallest absolute Gasteiger partial charge is 0.329 e. The van der Waals surface area contributed by atoms with Gasteiger partial charge in [-0.3, -0.25) is 4.79 Å². The fraction of sp³-hybridized carbons (Fsp3) is 0.294. The van der Waals surface area contributed by atoms with Gasteiger partial charge in [-0.25, -0.2) is 4.79 Å². The van der Waals surface area contributed by atoms with Gasteiger partial charge in [0.05, 0.1) is 12.7 Å². The van der Waals surface area contributed by atoms with E-state index in [1.165, 1.54) is 7.11 Å². The Morgan fingerprint density at radius 3 is 2.36 bits per heavy atom. The molecule has 0 bridgehead atoms. The van der Waals surface area contributed by atoms with Crippen LogP contribution in [0.2, 0.25) is 0 Å². The summed E-state index contributed by atoms with van der Waals surface area (Å²) in [5.41, 5.74) is 8.32. The summed E-state index contributed by atoms with van der Waals surface area (Å²) in [7, 11) is 1.36. The van der Waals surface area contributed by atoms with Crippen LogP contribution in [0.1, 0.15) is 33.4 Å². The van der Waals surface area contributed by atoms with E-state index in [1.54, 1.807) is 13.0 Å². The van der Waals surface area contributed by atoms with E-state index in [0.29, 0.717) is 17.7 Å². The molecule has 0 radical (unpaired) electrons. The van der Waals surface area contributed by atoms with Crippen molar-refractivity contribution in [2.75, 3.05) is 7.11 Å². The van der Waals surface area contributed by atoms with Crippen LogP contribution < -0.4 is 5.73 Å². The molecule has 0 spiro atoms. The zero-order valence-electron chi connectivity index (χ0n) is 13.0. The van der Waals surface area contributed by atoms with Gasteiger partial charge in [-0.1, -0.05) is 30.3 Å². The number of primary amides is 1. The van der Waals surface area contributed by atoms with Gasteiger partial charge in [0.25, 0.3) is 5.91 Å². The van der Waals surface area contributed by atoms with Crippen molar-refractivity contribution in [3.8, 4) is 0 Å². The summed E-state index contributed by atoms with van der Waals surface area (Å²) in [4.78, 5) is 23.7. The monoisotopic (exact) mass is 300 g/mol. The zero-order chi connectivity index (χ0) is 16.3. The number of methoxy groups -OCH3 is 1. The van der Waals surface area contributed by atoms with Crippen LogP contribution in [-0.4, -0.2) is 23.6 Å². The molecule has 0 aliphatic heterocycles. The van der Waals surface area contributed by atoms with E-state index in [-0.39, 0.29) is 5.97 Å². The normalized spacial score (nSPS) is 12.0. The molecule has 2 N–H and O–H groups in total. The molecule has 0 saturated carbocycles. The van der Waals surface area contributed by atoms with Crippen molar-refractivity contribution < 1.29 is 14.3 Å². The van der Waals surface area contributed by atoms with E-state index in [4.69, 9.17) is 10.5 Å². The highest BCUT2D eigenvalue weighted by atomic mass is 16.5. The molecule has 1 atom stereocenters. The third-order valence-electron chi connectivity index (χ3n) is 3.81. The van der Waals surface area contributed by atoms with Gasteiger partial charge in [-0.15, -0.1) is 0 Å². The van der Waals surface area contributed by atoms with E-state index in [9.17, 15) is 9.59 Å². The molecule has 116 valence electrons. The van der Waals surface area contributed by atoms with E-state index in [2.05, 4.69) is 0 Å². The van der Waals surface area contributed by atoms with Crippen molar-refractivity contribution in [2.24, 2.45) is 5.73 Å². The van der Waals surface area contributed by atoms with E-state index in [0.717, 1.165) is 11.3 Å². The van der Waals surface area contributed by atoms with E-state index in [1.807, 2.05) is 41.8 Å². The number of amides is 1. The minimum atomic E-state index is -0.527. The fourth-order valence-corrected chi connectivity index (χ4v) is 2.76. The maximum atomic E-state index is 12.2. The van der Waals surface area contributed by atoms with Gasteiger partial charge in [0, 0.05) is 17.8 Å². The van der Waals surface area contributed by atoms with E-state index >= 15 is 0 Å². The average Bonchev–Trinajstić information content (AvgIpc) is 2.80. The summed E-state index contributed by atoms with van der Waals surface area (Å²) in [5, 5.41) is 0. The lowest BCUT2D eigenvalue weighted by Crippen LogP contribution is -2.25. The first kappa shape index (κ1) is 15.8. The van der Waals surface area contributed by atoms with Gasteiger partial charge in [0.15, 0.2) is 0 Å². The number of carbonyl (C=O) groups excluding carboxylic acids is 2. The molecule has 1 aromatic carbocycles. The second-order valence-electron chi connectivity index (χ2n) is 5.25. The maximum Gasteiger partial charge on any atom is 0.329 e. The number of ether oxygens (including phenoxy) is 1. The van der Waals surface area contributed by atoms with Crippen molar-refractivity contribution in [1.29, 1.82) is 0 Å². The largest absolute Gasteiger partial charge is 0.467 e. The van der Waals surface area contributed by atoms with Crippen LogP contribution in [0.5, 0.6) is 0 Å². The summed E-state index contributed by atoms with van der Waals surface area (Å²) in [6.07, 6.45) is 0.488. The predicted octanol–water partition coefficient (Wildman–Crippen LogP) is 2.16. The second kappa shape index (κ2) is 6.47. The lowest BCUT2D eigenvalue weighted by molar-refractivity contribution is -0.144. The summed E-state index contributed by atoms with van der Waals surface area (Å²) < 4.78 is 6.76. The Balaban J connectivity index is 2.47. The molecule has 1 aromatic heterocycles. The molecule has 1 amide bonds. The number of hydrogen-bond acceptors (Lipinski definition) is 3. The van der Waals surface area contributed by atoms with Crippen LogP contribution in [0.3, 0.4) is 0 Å². The molecule has 2 aromatic rings. The van der Waals surface area contributed by atoms with Crippen LogP contribution >= 0.6 is 0 Å². The quantitative estimate of drug-likeness (QED) is 0.860. The maximum absolute atomic E-state index is 12.2. The van der Waals surface area contributed by atoms with Crippen molar-refractivity contribution >= 4 is 11.9 Å². The Morgan fingerprint density at radius 2 is 1.86 bits per heavy atom. The molecule has 2 rings (SSSR count). The molecular formula is C17H20N2O3. The Morgan fingerprint density at radius 1 is 1.23 bits per heavy atom. The first-order valence-electron chi connectivity index (χ1n) is 7.05. The summed E-state index contributed by atoms with van der Waals surface area (Å²) in [6, 6.07) is 10.9. The van der Waals surface area contributed by atoms with Crippen LogP contribution in [0.15, 0.2) is 36.4 Å². The van der Waals surface area contributed by atoms with Crippen molar-refractivity contribution in [3.63, 3.8) is 0 Å². The molecule has 1 heterocycles. The molecule has 0 fully saturated rings. The summed E-state index contributed by atoms with van der Waals surface area (Å²) in [6.45, 7) is 3.63. The Labute approximate surface area is 129 Å². The van der Waals surface area contributed by atoms with Gasteiger partial charge >= 0.3 is 5.97 Å². The number of hydrogen-bond donors (Lipinski definition) is 1. The molecule has 0 aliphatic rings. The molecule has 0 unspecified atom stereocenters. The van der Waals surface area contributed by atoms with Crippen LogP contribution in [-0.2, 0) is 16.0 Å². The first-order valence-corrected chi connectivity index (χ1v) is 7.05. The Kier molecular flexibility index (Phi) is 4.65. The Hall–Kier alpha value is -2.56. The molecule has 5 heteroatoms. The van der Waals surface area contributed by atoms with Gasteiger partial charge < -0.3 is 15.0 Å². The number of nitrogens with zero attached hydrogens (tertiary/aromatic N) is 1. The highest BCUT2D eigenvalue weighted by Crippen LogP contribution is 2.24. The fourth-order valence-electron chi connectivity index (χ4n) is 2.76. The molecule has 5 nitrogen and oxygen atoms in total.